The zero-order valence-corrected chi connectivity index (χ0v) is 13.8. The lowest BCUT2D eigenvalue weighted by atomic mass is 10.2. The number of nitrogens with one attached hydrogen (secondary N) is 1. The lowest BCUT2D eigenvalue weighted by Gasteiger charge is -2.18. The molecule has 0 aliphatic heterocycles. The number of carbonyl (C=O) groups excluding carboxylic acids is 1. The van der Waals surface area contributed by atoms with E-state index in [0.717, 1.165) is 22.6 Å². The van der Waals surface area contributed by atoms with Crippen molar-refractivity contribution in [1.82, 2.24) is 5.32 Å². The second kappa shape index (κ2) is 8.22. The van der Waals surface area contributed by atoms with Crippen LogP contribution in [0.3, 0.4) is 0 Å². The molecule has 0 bridgehead atoms. The summed E-state index contributed by atoms with van der Waals surface area (Å²) in [4.78, 5) is 12.4. The van der Waals surface area contributed by atoms with Gasteiger partial charge in [-0.2, -0.15) is 0 Å². The molecule has 4 heteroatoms. The van der Waals surface area contributed by atoms with E-state index < -0.39 is 6.10 Å². The van der Waals surface area contributed by atoms with Gasteiger partial charge in [-0.1, -0.05) is 37.3 Å². The molecule has 0 heterocycles. The summed E-state index contributed by atoms with van der Waals surface area (Å²) in [7, 11) is 1.63. The van der Waals surface area contributed by atoms with Crippen LogP contribution in [-0.2, 0) is 11.3 Å². The largest absolute Gasteiger partial charge is 0.497 e. The Labute approximate surface area is 137 Å². The Hall–Kier alpha value is -2.49. The molecule has 0 spiro atoms. The lowest BCUT2D eigenvalue weighted by Crippen LogP contribution is -2.37. The van der Waals surface area contributed by atoms with Gasteiger partial charge in [0.2, 0.25) is 0 Å². The van der Waals surface area contributed by atoms with E-state index in [1.54, 1.807) is 7.11 Å². The number of aryl methyl sites for hydroxylation is 1. The summed E-state index contributed by atoms with van der Waals surface area (Å²) in [6.45, 7) is 4.36. The van der Waals surface area contributed by atoms with Crippen LogP contribution < -0.4 is 14.8 Å². The number of rotatable bonds is 7. The molecule has 1 N–H and O–H groups in total. The third-order valence-electron chi connectivity index (χ3n) is 3.63. The van der Waals surface area contributed by atoms with Crippen LogP contribution >= 0.6 is 0 Å². The Morgan fingerprint density at radius 1 is 1.17 bits per heavy atom. The normalized spacial score (nSPS) is 11.6. The van der Waals surface area contributed by atoms with Gasteiger partial charge in [-0.15, -0.1) is 0 Å². The first-order valence-corrected chi connectivity index (χ1v) is 7.77. The predicted molar refractivity (Wildman–Crippen MR) is 90.7 cm³/mol. The van der Waals surface area contributed by atoms with Crippen LogP contribution in [0, 0.1) is 6.92 Å². The van der Waals surface area contributed by atoms with E-state index in [9.17, 15) is 4.79 Å². The number of ether oxygens (including phenoxy) is 2. The zero-order chi connectivity index (χ0) is 16.7. The molecule has 2 aromatic rings. The molecule has 0 saturated heterocycles. The standard InChI is InChI=1S/C19H23NO3/c1-4-17(23-18-11-6-5-8-14(18)2)19(21)20-13-15-9-7-10-16(12-15)22-3/h5-12,17H,4,13H2,1-3H3,(H,20,21). The molecule has 0 saturated carbocycles. The summed E-state index contributed by atoms with van der Waals surface area (Å²) in [6.07, 6.45) is 0.111. The van der Waals surface area contributed by atoms with Crippen molar-refractivity contribution in [3.63, 3.8) is 0 Å². The van der Waals surface area contributed by atoms with Gasteiger partial charge >= 0.3 is 0 Å². The quantitative estimate of drug-likeness (QED) is 0.851. The average molecular weight is 313 g/mol. The van der Waals surface area contributed by atoms with Crippen molar-refractivity contribution in [3.8, 4) is 11.5 Å². The molecule has 0 radical (unpaired) electrons. The smallest absolute Gasteiger partial charge is 0.261 e. The van der Waals surface area contributed by atoms with Gasteiger partial charge in [0.05, 0.1) is 7.11 Å². The maximum Gasteiger partial charge on any atom is 0.261 e. The minimum atomic E-state index is -0.498. The summed E-state index contributed by atoms with van der Waals surface area (Å²) < 4.78 is 11.0. The molecule has 2 aromatic carbocycles. The number of amides is 1. The highest BCUT2D eigenvalue weighted by atomic mass is 16.5. The Balaban J connectivity index is 1.96. The van der Waals surface area contributed by atoms with Crippen LogP contribution in [0.15, 0.2) is 48.5 Å². The minimum Gasteiger partial charge on any atom is -0.497 e. The topological polar surface area (TPSA) is 47.6 Å². The fraction of sp³-hybridized carbons (Fsp3) is 0.316. The molecular weight excluding hydrogens is 290 g/mol. The van der Waals surface area contributed by atoms with Gasteiger partial charge in [0.1, 0.15) is 11.5 Å². The molecule has 0 fully saturated rings. The van der Waals surface area contributed by atoms with Crippen molar-refractivity contribution in [2.75, 3.05) is 7.11 Å². The van der Waals surface area contributed by atoms with Crippen LogP contribution in [0.1, 0.15) is 24.5 Å². The number of methoxy groups -OCH3 is 1. The highest BCUT2D eigenvalue weighted by molar-refractivity contribution is 5.81. The van der Waals surface area contributed by atoms with E-state index in [4.69, 9.17) is 9.47 Å². The zero-order valence-electron chi connectivity index (χ0n) is 13.8. The van der Waals surface area contributed by atoms with Crippen LogP contribution in [0.4, 0.5) is 0 Å². The Morgan fingerprint density at radius 2 is 1.96 bits per heavy atom. The van der Waals surface area contributed by atoms with Crippen molar-refractivity contribution in [3.05, 3.63) is 59.7 Å². The lowest BCUT2D eigenvalue weighted by molar-refractivity contribution is -0.128. The third kappa shape index (κ3) is 4.74. The summed E-state index contributed by atoms with van der Waals surface area (Å²) in [6, 6.07) is 15.3. The van der Waals surface area contributed by atoms with Crippen molar-refractivity contribution < 1.29 is 14.3 Å². The molecule has 1 atom stereocenters. The number of carbonyl (C=O) groups is 1. The van der Waals surface area contributed by atoms with Gasteiger partial charge in [-0.05, 0) is 42.7 Å². The van der Waals surface area contributed by atoms with Crippen LogP contribution in [0.2, 0.25) is 0 Å². The number of para-hydroxylation sites is 1. The summed E-state index contributed by atoms with van der Waals surface area (Å²) in [5.41, 5.74) is 2.01. The predicted octanol–water partition coefficient (Wildman–Crippen LogP) is 3.48. The first kappa shape index (κ1) is 16.9. The van der Waals surface area contributed by atoms with Crippen molar-refractivity contribution in [2.45, 2.75) is 32.9 Å². The van der Waals surface area contributed by atoms with E-state index in [2.05, 4.69) is 5.32 Å². The summed E-state index contributed by atoms with van der Waals surface area (Å²) in [5, 5.41) is 2.92. The maximum atomic E-state index is 12.4. The average Bonchev–Trinajstić information content (AvgIpc) is 2.59. The van der Waals surface area contributed by atoms with E-state index >= 15 is 0 Å². The molecule has 1 amide bonds. The molecule has 23 heavy (non-hydrogen) atoms. The van der Waals surface area contributed by atoms with E-state index in [-0.39, 0.29) is 5.91 Å². The van der Waals surface area contributed by atoms with E-state index in [1.165, 1.54) is 0 Å². The Morgan fingerprint density at radius 3 is 2.65 bits per heavy atom. The maximum absolute atomic E-state index is 12.4. The van der Waals surface area contributed by atoms with Gasteiger partial charge < -0.3 is 14.8 Å². The van der Waals surface area contributed by atoms with Crippen molar-refractivity contribution in [2.24, 2.45) is 0 Å². The van der Waals surface area contributed by atoms with E-state index in [0.29, 0.717) is 13.0 Å². The number of hydrogen-bond donors (Lipinski definition) is 1. The highest BCUT2D eigenvalue weighted by Gasteiger charge is 2.18. The molecule has 0 aliphatic carbocycles. The highest BCUT2D eigenvalue weighted by Crippen LogP contribution is 2.19. The molecule has 2 rings (SSSR count). The molecular formula is C19H23NO3. The van der Waals surface area contributed by atoms with Gasteiger partial charge in [0, 0.05) is 6.54 Å². The molecule has 4 nitrogen and oxygen atoms in total. The SMILES string of the molecule is CCC(Oc1ccccc1C)C(=O)NCc1cccc(OC)c1. The monoisotopic (exact) mass is 313 g/mol. The van der Waals surface area contributed by atoms with Crippen LogP contribution in [-0.4, -0.2) is 19.1 Å². The van der Waals surface area contributed by atoms with Crippen LogP contribution in [0.25, 0.3) is 0 Å². The Bertz CT molecular complexity index is 655. The fourth-order valence-electron chi connectivity index (χ4n) is 2.25. The molecule has 122 valence electrons. The summed E-state index contributed by atoms with van der Waals surface area (Å²) in [5.74, 6) is 1.41. The molecule has 1 unspecified atom stereocenters. The number of benzene rings is 2. The third-order valence-corrected chi connectivity index (χ3v) is 3.63. The summed E-state index contributed by atoms with van der Waals surface area (Å²) >= 11 is 0. The number of hydrogen-bond acceptors (Lipinski definition) is 3. The van der Waals surface area contributed by atoms with Gasteiger partial charge in [-0.25, -0.2) is 0 Å². The first-order valence-electron chi connectivity index (χ1n) is 7.77. The van der Waals surface area contributed by atoms with E-state index in [1.807, 2.05) is 62.4 Å². The van der Waals surface area contributed by atoms with Crippen molar-refractivity contribution in [1.29, 1.82) is 0 Å². The Kier molecular flexibility index (Phi) is 6.03. The minimum absolute atomic E-state index is 0.112. The van der Waals surface area contributed by atoms with Gasteiger partial charge in [0.15, 0.2) is 6.10 Å². The molecule has 0 aromatic heterocycles. The van der Waals surface area contributed by atoms with Gasteiger partial charge in [-0.3, -0.25) is 4.79 Å². The molecule has 0 aliphatic rings. The van der Waals surface area contributed by atoms with Crippen molar-refractivity contribution >= 4 is 5.91 Å². The van der Waals surface area contributed by atoms with Crippen LogP contribution in [0.5, 0.6) is 11.5 Å². The first-order chi connectivity index (χ1) is 11.1. The van der Waals surface area contributed by atoms with Gasteiger partial charge in [0.25, 0.3) is 5.91 Å². The fourth-order valence-corrected chi connectivity index (χ4v) is 2.25. The second-order valence-electron chi connectivity index (χ2n) is 5.35. The second-order valence-corrected chi connectivity index (χ2v) is 5.35.